The Morgan fingerprint density at radius 1 is 1.29 bits per heavy atom. The fraction of sp³-hybridized carbons (Fsp3) is 0.333. The topological polar surface area (TPSA) is 75.9 Å². The van der Waals surface area contributed by atoms with Crippen molar-refractivity contribution in [1.29, 1.82) is 0 Å². The van der Waals surface area contributed by atoms with E-state index in [1.165, 1.54) is 18.5 Å². The highest BCUT2D eigenvalue weighted by molar-refractivity contribution is 5.57. The first-order valence-electron chi connectivity index (χ1n) is 6.98. The van der Waals surface area contributed by atoms with Crippen LogP contribution in [0.15, 0.2) is 30.6 Å². The molecular weight excluding hydrogens is 269 g/mol. The summed E-state index contributed by atoms with van der Waals surface area (Å²) in [5, 5.41) is 3.30. The highest BCUT2D eigenvalue weighted by Gasteiger charge is 2.13. The fourth-order valence-corrected chi connectivity index (χ4v) is 2.21. The van der Waals surface area contributed by atoms with Gasteiger partial charge in [-0.2, -0.15) is 0 Å². The number of nitrogens with two attached hydrogens (primary N) is 1. The molecule has 0 spiro atoms. The van der Waals surface area contributed by atoms with Gasteiger partial charge in [0.15, 0.2) is 0 Å². The molecule has 0 aliphatic carbocycles. The third-order valence-corrected chi connectivity index (χ3v) is 3.28. The summed E-state index contributed by atoms with van der Waals surface area (Å²) in [4.78, 5) is 8.41. The lowest BCUT2D eigenvalue weighted by molar-refractivity contribution is 0.623. The van der Waals surface area contributed by atoms with Crippen LogP contribution in [0.3, 0.4) is 0 Å². The van der Waals surface area contributed by atoms with E-state index in [0.717, 1.165) is 29.8 Å². The molecule has 0 saturated heterocycles. The number of hydrogen-bond donors (Lipinski definition) is 3. The summed E-state index contributed by atoms with van der Waals surface area (Å²) in [6.45, 7) is 4.04. The zero-order valence-corrected chi connectivity index (χ0v) is 12.2. The maximum absolute atomic E-state index is 13.3. The predicted molar refractivity (Wildman–Crippen MR) is 82.3 cm³/mol. The van der Waals surface area contributed by atoms with Gasteiger partial charge in [-0.15, -0.1) is 0 Å². The van der Waals surface area contributed by atoms with Gasteiger partial charge in [-0.25, -0.2) is 20.2 Å². The van der Waals surface area contributed by atoms with Crippen LogP contribution in [0.1, 0.15) is 37.4 Å². The first kappa shape index (κ1) is 15.2. The monoisotopic (exact) mass is 289 g/mol. The number of hydrogen-bond acceptors (Lipinski definition) is 5. The molecule has 0 bridgehead atoms. The second-order valence-corrected chi connectivity index (χ2v) is 4.86. The number of nitrogens with zero attached hydrogens (tertiary/aromatic N) is 2. The quantitative estimate of drug-likeness (QED) is 0.563. The molecule has 5 nitrogen and oxygen atoms in total. The van der Waals surface area contributed by atoms with E-state index in [4.69, 9.17) is 5.84 Å². The number of nitrogens with one attached hydrogen (secondary N) is 2. The van der Waals surface area contributed by atoms with Crippen molar-refractivity contribution < 1.29 is 4.39 Å². The van der Waals surface area contributed by atoms with Crippen LogP contribution in [-0.2, 0) is 6.42 Å². The molecular formula is C15H20FN5. The van der Waals surface area contributed by atoms with Crippen LogP contribution in [0.4, 0.5) is 16.0 Å². The minimum Gasteiger partial charge on any atom is -0.363 e. The molecule has 21 heavy (non-hydrogen) atoms. The Hall–Kier alpha value is -2.21. The van der Waals surface area contributed by atoms with Gasteiger partial charge in [0.25, 0.3) is 0 Å². The van der Waals surface area contributed by atoms with Crippen molar-refractivity contribution in [1.82, 2.24) is 9.97 Å². The lowest BCUT2D eigenvalue weighted by Gasteiger charge is -2.18. The van der Waals surface area contributed by atoms with Gasteiger partial charge in [0.1, 0.15) is 23.8 Å². The van der Waals surface area contributed by atoms with Crippen molar-refractivity contribution in [2.24, 2.45) is 5.84 Å². The second-order valence-electron chi connectivity index (χ2n) is 4.86. The van der Waals surface area contributed by atoms with Crippen LogP contribution in [0, 0.1) is 5.82 Å². The molecule has 1 heterocycles. The van der Waals surface area contributed by atoms with Crippen molar-refractivity contribution in [3.8, 4) is 0 Å². The zero-order chi connectivity index (χ0) is 15.2. The second kappa shape index (κ2) is 6.99. The van der Waals surface area contributed by atoms with E-state index in [0.29, 0.717) is 5.82 Å². The zero-order valence-electron chi connectivity index (χ0n) is 12.2. The van der Waals surface area contributed by atoms with Crippen molar-refractivity contribution >= 4 is 11.6 Å². The van der Waals surface area contributed by atoms with Gasteiger partial charge in [-0.05, 0) is 31.0 Å². The molecule has 0 saturated carbocycles. The van der Waals surface area contributed by atoms with Crippen molar-refractivity contribution in [2.75, 3.05) is 10.7 Å². The van der Waals surface area contributed by atoms with Crippen LogP contribution < -0.4 is 16.6 Å². The van der Waals surface area contributed by atoms with E-state index < -0.39 is 0 Å². The first-order valence-corrected chi connectivity index (χ1v) is 6.98. The Kier molecular flexibility index (Phi) is 5.05. The summed E-state index contributed by atoms with van der Waals surface area (Å²) in [6, 6.07) is 6.45. The number of rotatable bonds is 6. The van der Waals surface area contributed by atoms with E-state index in [1.807, 2.05) is 13.0 Å². The highest BCUT2D eigenvalue weighted by Crippen LogP contribution is 2.25. The van der Waals surface area contributed by atoms with Crippen molar-refractivity contribution in [3.05, 3.63) is 47.5 Å². The molecule has 0 fully saturated rings. The van der Waals surface area contributed by atoms with Crippen LogP contribution in [0.5, 0.6) is 0 Å². The standard InChI is InChI=1S/C15H20FN5/c1-3-5-13-14(18-9-19-15(13)21-17)20-10(2)11-6-4-7-12(16)8-11/h4,6-10H,3,5,17H2,1-2H3,(H2,18,19,20,21). The van der Waals surface area contributed by atoms with Gasteiger partial charge < -0.3 is 10.7 Å². The molecule has 6 heteroatoms. The molecule has 1 atom stereocenters. The molecule has 1 aromatic heterocycles. The number of nitrogen functional groups attached to an aromatic ring is 1. The van der Waals surface area contributed by atoms with Gasteiger partial charge in [0, 0.05) is 5.56 Å². The normalized spacial score (nSPS) is 12.0. The molecule has 2 rings (SSSR count). The number of halogens is 1. The Balaban J connectivity index is 2.26. The van der Waals surface area contributed by atoms with Crippen LogP contribution in [-0.4, -0.2) is 9.97 Å². The summed E-state index contributed by atoms with van der Waals surface area (Å²) in [7, 11) is 0. The summed E-state index contributed by atoms with van der Waals surface area (Å²) >= 11 is 0. The van der Waals surface area contributed by atoms with Crippen molar-refractivity contribution in [2.45, 2.75) is 32.7 Å². The molecule has 112 valence electrons. The van der Waals surface area contributed by atoms with Gasteiger partial charge in [0.2, 0.25) is 0 Å². The van der Waals surface area contributed by atoms with E-state index in [-0.39, 0.29) is 11.9 Å². The van der Waals surface area contributed by atoms with Gasteiger partial charge in [-0.1, -0.05) is 25.5 Å². The molecule has 1 aromatic carbocycles. The Morgan fingerprint density at radius 2 is 2.05 bits per heavy atom. The highest BCUT2D eigenvalue weighted by atomic mass is 19.1. The summed E-state index contributed by atoms with van der Waals surface area (Å²) in [6.07, 6.45) is 3.21. The fourth-order valence-electron chi connectivity index (χ4n) is 2.21. The number of hydrazine groups is 1. The van der Waals surface area contributed by atoms with E-state index in [1.54, 1.807) is 6.07 Å². The molecule has 1 unspecified atom stereocenters. The molecule has 0 amide bonds. The SMILES string of the molecule is CCCc1c(NN)ncnc1NC(C)c1cccc(F)c1. The Labute approximate surface area is 123 Å². The average molecular weight is 289 g/mol. The van der Waals surface area contributed by atoms with Gasteiger partial charge >= 0.3 is 0 Å². The predicted octanol–water partition coefficient (Wildman–Crippen LogP) is 3.03. The maximum atomic E-state index is 13.3. The number of aromatic nitrogens is 2. The first-order chi connectivity index (χ1) is 10.2. The molecule has 2 aromatic rings. The lowest BCUT2D eigenvalue weighted by Crippen LogP contribution is -2.15. The minimum atomic E-state index is -0.248. The van der Waals surface area contributed by atoms with E-state index in [2.05, 4.69) is 27.6 Å². The third kappa shape index (κ3) is 3.66. The van der Waals surface area contributed by atoms with Gasteiger partial charge in [-0.3, -0.25) is 0 Å². The smallest absolute Gasteiger partial charge is 0.148 e. The molecule has 0 radical (unpaired) electrons. The number of benzene rings is 1. The third-order valence-electron chi connectivity index (χ3n) is 3.28. The maximum Gasteiger partial charge on any atom is 0.148 e. The Morgan fingerprint density at radius 3 is 2.71 bits per heavy atom. The summed E-state index contributed by atoms with van der Waals surface area (Å²) < 4.78 is 13.3. The lowest BCUT2D eigenvalue weighted by atomic mass is 10.1. The van der Waals surface area contributed by atoms with Gasteiger partial charge in [0.05, 0.1) is 6.04 Å². The Bertz CT molecular complexity index is 602. The van der Waals surface area contributed by atoms with Crippen LogP contribution in [0.25, 0.3) is 0 Å². The van der Waals surface area contributed by atoms with E-state index in [9.17, 15) is 4.39 Å². The number of anilines is 2. The average Bonchev–Trinajstić information content (AvgIpc) is 2.49. The molecule has 0 aliphatic heterocycles. The largest absolute Gasteiger partial charge is 0.363 e. The van der Waals surface area contributed by atoms with Crippen molar-refractivity contribution in [3.63, 3.8) is 0 Å². The summed E-state index contributed by atoms with van der Waals surface area (Å²) in [5.41, 5.74) is 4.39. The molecule has 0 aliphatic rings. The minimum absolute atomic E-state index is 0.0724. The summed E-state index contributed by atoms with van der Waals surface area (Å²) in [5.74, 6) is 6.58. The van der Waals surface area contributed by atoms with E-state index >= 15 is 0 Å². The molecule has 4 N–H and O–H groups in total. The van der Waals surface area contributed by atoms with Crippen LogP contribution in [0.2, 0.25) is 0 Å². The van der Waals surface area contributed by atoms with Crippen LogP contribution >= 0.6 is 0 Å².